The largest absolute Gasteiger partial charge is 0.755 e. The van der Waals surface area contributed by atoms with Crippen molar-refractivity contribution in [2.45, 2.75) is 0 Å². The predicted molar refractivity (Wildman–Crippen MR) is 85.1 cm³/mol. The molecule has 3 rings (SSSR count). The van der Waals surface area contributed by atoms with Crippen molar-refractivity contribution in [3.05, 3.63) is 48.8 Å². The molecule has 2 heterocycles. The molecule has 2 aromatic heterocycles. The first-order valence-corrected chi connectivity index (χ1v) is 7.66. The summed E-state index contributed by atoms with van der Waals surface area (Å²) in [5, 5.41) is 0.746. The Morgan fingerprint density at radius 1 is 1.17 bits per heavy atom. The van der Waals surface area contributed by atoms with E-state index in [1.807, 2.05) is 0 Å². The molecule has 0 amide bonds. The van der Waals surface area contributed by atoms with Crippen LogP contribution in [0, 0.1) is 0 Å². The van der Waals surface area contributed by atoms with Crippen LogP contribution in [0.5, 0.6) is 17.4 Å². The Kier molecular flexibility index (Phi) is 4.35. The highest BCUT2D eigenvalue weighted by atomic mass is 32.2. The van der Waals surface area contributed by atoms with Gasteiger partial charge in [0.1, 0.15) is 11.5 Å². The van der Waals surface area contributed by atoms with Crippen LogP contribution in [0.25, 0.3) is 10.9 Å². The van der Waals surface area contributed by atoms with Crippen molar-refractivity contribution in [3.8, 4) is 17.4 Å². The normalized spacial score (nSPS) is 11.9. The highest BCUT2D eigenvalue weighted by Crippen LogP contribution is 2.30. The van der Waals surface area contributed by atoms with Crippen LogP contribution >= 0.6 is 0 Å². The minimum atomic E-state index is -2.35. The van der Waals surface area contributed by atoms with Crippen LogP contribution < -0.4 is 14.2 Å². The third kappa shape index (κ3) is 3.55. The van der Waals surface area contributed by atoms with Gasteiger partial charge in [0.25, 0.3) is 0 Å². The molecule has 1 aromatic carbocycles. The van der Waals surface area contributed by atoms with Gasteiger partial charge in [-0.1, -0.05) is 0 Å². The Balaban J connectivity index is 1.87. The Labute approximate surface area is 134 Å². The quantitative estimate of drug-likeness (QED) is 0.722. The summed E-state index contributed by atoms with van der Waals surface area (Å²) >= 11 is -2.35. The summed E-state index contributed by atoms with van der Waals surface area (Å²) in [5.41, 5.74) is 1.16. The van der Waals surface area contributed by atoms with Crippen molar-refractivity contribution in [3.63, 3.8) is 0 Å². The second kappa shape index (κ2) is 6.59. The highest BCUT2D eigenvalue weighted by molar-refractivity contribution is 7.80. The van der Waals surface area contributed by atoms with E-state index in [1.54, 1.807) is 55.9 Å². The van der Waals surface area contributed by atoms with Gasteiger partial charge < -0.3 is 18.7 Å². The second-order valence-electron chi connectivity index (χ2n) is 4.52. The van der Waals surface area contributed by atoms with E-state index in [0.717, 1.165) is 5.39 Å². The van der Waals surface area contributed by atoms with Gasteiger partial charge in [-0.2, -0.15) is 0 Å². The number of aromatic nitrogens is 2. The minimum absolute atomic E-state index is 0.455. The van der Waals surface area contributed by atoms with E-state index in [0.29, 0.717) is 28.6 Å². The number of hydrogen-bond donors (Lipinski definition) is 1. The molecule has 0 saturated heterocycles. The number of pyridine rings is 2. The molecule has 1 atom stereocenters. The van der Waals surface area contributed by atoms with Crippen molar-refractivity contribution in [2.75, 3.05) is 11.8 Å². The summed E-state index contributed by atoms with van der Waals surface area (Å²) in [6.07, 6.45) is 3.26. The Morgan fingerprint density at radius 3 is 2.65 bits per heavy atom. The number of anilines is 1. The van der Waals surface area contributed by atoms with E-state index in [9.17, 15) is 8.76 Å². The van der Waals surface area contributed by atoms with E-state index in [4.69, 9.17) is 9.47 Å². The number of ether oxygens (including phenoxy) is 2. The minimum Gasteiger partial charge on any atom is -0.755 e. The molecule has 1 N–H and O–H groups in total. The molecule has 0 spiro atoms. The molecule has 1 unspecified atom stereocenters. The molecule has 0 aliphatic rings. The van der Waals surface area contributed by atoms with Gasteiger partial charge in [0, 0.05) is 35.4 Å². The molecule has 7 nitrogen and oxygen atoms in total. The van der Waals surface area contributed by atoms with Gasteiger partial charge in [0.05, 0.1) is 18.0 Å². The number of nitrogens with zero attached hydrogens (tertiary/aromatic N) is 2. The lowest BCUT2D eigenvalue weighted by molar-refractivity contribution is 0.398. The van der Waals surface area contributed by atoms with Crippen molar-refractivity contribution in [1.82, 2.24) is 9.97 Å². The average molecular weight is 330 g/mol. The van der Waals surface area contributed by atoms with Crippen molar-refractivity contribution in [1.29, 1.82) is 0 Å². The number of nitrogens with one attached hydrogen (secondary N) is 1. The first kappa shape index (κ1) is 15.2. The van der Waals surface area contributed by atoms with Crippen LogP contribution in [-0.4, -0.2) is 25.8 Å². The predicted octanol–water partition coefficient (Wildman–Crippen LogP) is 2.64. The van der Waals surface area contributed by atoms with Crippen molar-refractivity contribution in [2.24, 2.45) is 0 Å². The zero-order valence-corrected chi connectivity index (χ0v) is 12.9. The number of methoxy groups -OCH3 is 1. The summed E-state index contributed by atoms with van der Waals surface area (Å²) in [7, 11) is 1.54. The number of fused-ring (bicyclic) bond motifs is 1. The van der Waals surface area contributed by atoms with Crippen molar-refractivity contribution >= 4 is 27.9 Å². The fourth-order valence-electron chi connectivity index (χ4n) is 2.01. The molecule has 118 valence electrons. The number of benzene rings is 1. The van der Waals surface area contributed by atoms with E-state index >= 15 is 0 Å². The van der Waals surface area contributed by atoms with Gasteiger partial charge >= 0.3 is 0 Å². The van der Waals surface area contributed by atoms with Gasteiger partial charge in [-0.15, -0.1) is 0 Å². The van der Waals surface area contributed by atoms with E-state index in [-0.39, 0.29) is 0 Å². The van der Waals surface area contributed by atoms with Crippen LogP contribution in [0.15, 0.2) is 48.8 Å². The molecule has 23 heavy (non-hydrogen) atoms. The maximum absolute atomic E-state index is 10.6. The maximum atomic E-state index is 10.6. The lowest BCUT2D eigenvalue weighted by Gasteiger charge is -2.11. The van der Waals surface area contributed by atoms with Crippen LogP contribution in [0.1, 0.15) is 0 Å². The molecule has 0 bridgehead atoms. The molecular formula is C15H12N3O4S-. The first-order valence-electron chi connectivity index (χ1n) is 6.58. The van der Waals surface area contributed by atoms with Crippen LogP contribution in [0.4, 0.5) is 5.69 Å². The molecule has 0 aliphatic heterocycles. The molecule has 0 aliphatic carbocycles. The monoisotopic (exact) mass is 330 g/mol. The Hall–Kier alpha value is -2.71. The van der Waals surface area contributed by atoms with Gasteiger partial charge in [-0.05, 0) is 30.3 Å². The fourth-order valence-corrected chi connectivity index (χ4v) is 2.34. The highest BCUT2D eigenvalue weighted by Gasteiger charge is 2.07. The van der Waals surface area contributed by atoms with Gasteiger partial charge in [-0.3, -0.25) is 9.19 Å². The lowest BCUT2D eigenvalue weighted by atomic mass is 10.2. The Bertz CT molecular complexity index is 855. The molecular weight excluding hydrogens is 318 g/mol. The first-order chi connectivity index (χ1) is 11.2. The van der Waals surface area contributed by atoms with E-state index in [1.165, 1.54) is 0 Å². The third-order valence-corrected chi connectivity index (χ3v) is 3.46. The average Bonchev–Trinajstić information content (AvgIpc) is 2.56. The zero-order chi connectivity index (χ0) is 16.2. The number of hydrogen-bond acceptors (Lipinski definition) is 6. The molecule has 3 aromatic rings. The smallest absolute Gasteiger partial charge is 0.215 e. The summed E-state index contributed by atoms with van der Waals surface area (Å²) < 4.78 is 34.3. The van der Waals surface area contributed by atoms with Gasteiger partial charge in [-0.25, -0.2) is 4.98 Å². The van der Waals surface area contributed by atoms with Crippen LogP contribution in [0.3, 0.4) is 0 Å². The Morgan fingerprint density at radius 2 is 1.96 bits per heavy atom. The summed E-state index contributed by atoms with van der Waals surface area (Å²) in [4.78, 5) is 8.41. The SMILES string of the molecule is COc1cc2nccc(Oc3ccc(NS(=O)[O-])cc3)c2cn1. The second-order valence-corrected chi connectivity index (χ2v) is 5.19. The third-order valence-electron chi connectivity index (χ3n) is 3.05. The van der Waals surface area contributed by atoms with E-state index in [2.05, 4.69) is 14.7 Å². The lowest BCUT2D eigenvalue weighted by Crippen LogP contribution is -2.01. The summed E-state index contributed by atoms with van der Waals surface area (Å²) in [6.45, 7) is 0. The van der Waals surface area contributed by atoms with E-state index < -0.39 is 11.3 Å². The molecule has 0 fully saturated rings. The standard InChI is InChI=1S/C15H13N3O4S/c1-21-15-8-13-12(9-17-15)14(6-7-16-13)22-11-4-2-10(3-5-11)18-23(19)20/h2-9,18H,1H3,(H,19,20)/p-1. The van der Waals surface area contributed by atoms with Gasteiger partial charge in [0.2, 0.25) is 5.88 Å². The van der Waals surface area contributed by atoms with Crippen LogP contribution in [0.2, 0.25) is 0 Å². The number of rotatable bonds is 5. The fraction of sp³-hybridized carbons (Fsp3) is 0.0667. The molecule has 0 saturated carbocycles. The molecule has 8 heteroatoms. The maximum Gasteiger partial charge on any atom is 0.215 e. The summed E-state index contributed by atoms with van der Waals surface area (Å²) in [5.74, 6) is 1.64. The summed E-state index contributed by atoms with van der Waals surface area (Å²) in [6, 6.07) is 10.00. The zero-order valence-electron chi connectivity index (χ0n) is 12.1. The van der Waals surface area contributed by atoms with Gasteiger partial charge in [0.15, 0.2) is 0 Å². The topological polar surface area (TPSA) is 96.4 Å². The van der Waals surface area contributed by atoms with Crippen molar-refractivity contribution < 1.29 is 18.2 Å². The van der Waals surface area contributed by atoms with Crippen LogP contribution in [-0.2, 0) is 11.3 Å². The molecule has 0 radical (unpaired) electrons.